The largest absolute Gasteiger partial charge is 0.325 e. The third kappa shape index (κ3) is 4.69. The van der Waals surface area contributed by atoms with Gasteiger partial charge >= 0.3 is 0 Å². The quantitative estimate of drug-likeness (QED) is 0.678. The Morgan fingerprint density at radius 3 is 2.59 bits per heavy atom. The summed E-state index contributed by atoms with van der Waals surface area (Å²) in [6.45, 7) is 2.46. The number of rotatable bonds is 6. The van der Waals surface area contributed by atoms with Gasteiger partial charge in [-0.25, -0.2) is 9.97 Å². The molecule has 0 aliphatic carbocycles. The van der Waals surface area contributed by atoms with E-state index < -0.39 is 0 Å². The summed E-state index contributed by atoms with van der Waals surface area (Å²) in [5.74, 6) is 0.542. The summed E-state index contributed by atoms with van der Waals surface area (Å²) >= 11 is 1.65. The Morgan fingerprint density at radius 2 is 1.85 bits per heavy atom. The molecule has 2 N–H and O–H groups in total. The third-order valence-electron chi connectivity index (χ3n) is 4.47. The average Bonchev–Trinajstić information content (AvgIpc) is 3.36. The van der Waals surface area contributed by atoms with Gasteiger partial charge in [0.15, 0.2) is 0 Å². The molecule has 1 saturated heterocycles. The first kappa shape index (κ1) is 17.6. The van der Waals surface area contributed by atoms with E-state index in [1.807, 2.05) is 35.7 Å². The van der Waals surface area contributed by atoms with Crippen LogP contribution < -0.4 is 10.6 Å². The van der Waals surface area contributed by atoms with Crippen molar-refractivity contribution in [2.24, 2.45) is 0 Å². The number of nitrogens with zero attached hydrogens (tertiary/aromatic N) is 3. The fraction of sp³-hybridized carbons (Fsp3) is 0.250. The highest BCUT2D eigenvalue weighted by Gasteiger charge is 2.15. The number of carbonyl (C=O) groups excluding carboxylic acids is 1. The second-order valence-corrected chi connectivity index (χ2v) is 7.32. The lowest BCUT2D eigenvalue weighted by Gasteiger charge is -2.14. The van der Waals surface area contributed by atoms with E-state index in [0.717, 1.165) is 35.6 Å². The molecule has 27 heavy (non-hydrogen) atoms. The smallest absolute Gasteiger partial charge is 0.238 e. The lowest BCUT2D eigenvalue weighted by atomic mass is 10.2. The molecule has 1 amide bonds. The summed E-state index contributed by atoms with van der Waals surface area (Å²) < 4.78 is 0. The number of nitrogens with one attached hydrogen (secondary N) is 2. The van der Waals surface area contributed by atoms with Crippen LogP contribution in [0.4, 0.5) is 17.3 Å². The maximum Gasteiger partial charge on any atom is 0.238 e. The van der Waals surface area contributed by atoms with Crippen molar-refractivity contribution < 1.29 is 4.79 Å². The molecule has 0 bridgehead atoms. The van der Waals surface area contributed by atoms with E-state index >= 15 is 0 Å². The van der Waals surface area contributed by atoms with Gasteiger partial charge in [0.05, 0.1) is 6.54 Å². The average molecular weight is 379 g/mol. The molecular formula is C20H21N5OS. The molecule has 1 aromatic carbocycles. The van der Waals surface area contributed by atoms with E-state index in [1.54, 1.807) is 23.7 Å². The van der Waals surface area contributed by atoms with E-state index in [0.29, 0.717) is 12.5 Å². The van der Waals surface area contributed by atoms with E-state index in [9.17, 15) is 4.79 Å². The Kier molecular flexibility index (Phi) is 5.41. The molecule has 1 aliphatic rings. The molecule has 0 atom stereocenters. The summed E-state index contributed by atoms with van der Waals surface area (Å²) in [7, 11) is 0. The predicted octanol–water partition coefficient (Wildman–Crippen LogP) is 3.98. The van der Waals surface area contributed by atoms with Gasteiger partial charge in [-0.15, -0.1) is 0 Å². The number of hydrogen-bond acceptors (Lipinski definition) is 6. The summed E-state index contributed by atoms with van der Waals surface area (Å²) in [5.41, 5.74) is 3.70. The Balaban J connectivity index is 1.38. The maximum absolute atomic E-state index is 12.2. The molecule has 3 aromatic rings. The number of likely N-dealkylation sites (tertiary alicyclic amines) is 1. The Bertz CT molecular complexity index is 889. The van der Waals surface area contributed by atoms with Crippen molar-refractivity contribution in [2.75, 3.05) is 30.3 Å². The lowest BCUT2D eigenvalue weighted by molar-refractivity contribution is -0.117. The Hall–Kier alpha value is -2.77. The Morgan fingerprint density at radius 1 is 1.07 bits per heavy atom. The van der Waals surface area contributed by atoms with Gasteiger partial charge in [0.2, 0.25) is 11.9 Å². The summed E-state index contributed by atoms with van der Waals surface area (Å²) in [6.07, 6.45) is 5.97. The monoisotopic (exact) mass is 379 g/mol. The number of amides is 1. The molecule has 6 nitrogen and oxygen atoms in total. The minimum Gasteiger partial charge on any atom is -0.325 e. The minimum absolute atomic E-state index is 0.0189. The second kappa shape index (κ2) is 8.28. The van der Waals surface area contributed by atoms with E-state index in [1.165, 1.54) is 12.8 Å². The number of aromatic nitrogens is 2. The van der Waals surface area contributed by atoms with Crippen LogP contribution in [-0.4, -0.2) is 40.4 Å². The fourth-order valence-electron chi connectivity index (χ4n) is 3.12. The highest BCUT2D eigenvalue weighted by Crippen LogP contribution is 2.22. The van der Waals surface area contributed by atoms with Gasteiger partial charge in [-0.1, -0.05) is 6.07 Å². The number of carbonyl (C=O) groups is 1. The van der Waals surface area contributed by atoms with Crippen molar-refractivity contribution in [3.05, 3.63) is 53.5 Å². The SMILES string of the molecule is O=C(CN1CCCC1)Nc1cccc(Nc2ncc(-c3ccsc3)cn2)c1. The van der Waals surface area contributed by atoms with Crippen molar-refractivity contribution >= 4 is 34.6 Å². The van der Waals surface area contributed by atoms with Crippen LogP contribution in [0.3, 0.4) is 0 Å². The van der Waals surface area contributed by atoms with E-state index in [-0.39, 0.29) is 5.91 Å². The molecule has 138 valence electrons. The predicted molar refractivity (Wildman–Crippen MR) is 109 cm³/mol. The van der Waals surface area contributed by atoms with Gasteiger partial charge in [0.1, 0.15) is 0 Å². The maximum atomic E-state index is 12.2. The van der Waals surface area contributed by atoms with E-state index in [4.69, 9.17) is 0 Å². The molecule has 1 aliphatic heterocycles. The first-order chi connectivity index (χ1) is 13.3. The van der Waals surface area contributed by atoms with Crippen LogP contribution in [0.15, 0.2) is 53.5 Å². The molecule has 1 fully saturated rings. The van der Waals surface area contributed by atoms with Crippen LogP contribution in [0.5, 0.6) is 0 Å². The standard InChI is InChI=1S/C20H21N5OS/c26-19(13-25-7-1-2-8-25)23-17-4-3-5-18(10-17)24-20-21-11-16(12-22-20)15-6-9-27-14-15/h3-6,9-12,14H,1-2,7-8,13H2,(H,23,26)(H,21,22,24). The molecule has 0 radical (unpaired) electrons. The molecule has 0 saturated carbocycles. The van der Waals surface area contributed by atoms with Gasteiger partial charge in [-0.05, 0) is 66.5 Å². The summed E-state index contributed by atoms with van der Waals surface area (Å²) in [5, 5.41) is 10.2. The van der Waals surface area contributed by atoms with Crippen molar-refractivity contribution in [2.45, 2.75) is 12.8 Å². The van der Waals surface area contributed by atoms with Gasteiger partial charge in [-0.2, -0.15) is 11.3 Å². The van der Waals surface area contributed by atoms with Crippen molar-refractivity contribution in [1.82, 2.24) is 14.9 Å². The highest BCUT2D eigenvalue weighted by atomic mass is 32.1. The first-order valence-electron chi connectivity index (χ1n) is 9.00. The zero-order chi connectivity index (χ0) is 18.5. The molecular weight excluding hydrogens is 358 g/mol. The molecule has 0 spiro atoms. The van der Waals surface area contributed by atoms with Crippen molar-refractivity contribution in [3.63, 3.8) is 0 Å². The van der Waals surface area contributed by atoms with Crippen molar-refractivity contribution in [1.29, 1.82) is 0 Å². The minimum atomic E-state index is 0.0189. The molecule has 4 rings (SSSR count). The molecule has 0 unspecified atom stereocenters. The Labute approximate surface area is 162 Å². The number of benzene rings is 1. The second-order valence-electron chi connectivity index (χ2n) is 6.54. The van der Waals surface area contributed by atoms with Crippen LogP contribution >= 0.6 is 11.3 Å². The lowest BCUT2D eigenvalue weighted by Crippen LogP contribution is -2.30. The van der Waals surface area contributed by atoms with Crippen LogP contribution in [0, 0.1) is 0 Å². The third-order valence-corrected chi connectivity index (χ3v) is 5.16. The van der Waals surface area contributed by atoms with Gasteiger partial charge in [0.25, 0.3) is 0 Å². The van der Waals surface area contributed by atoms with Crippen LogP contribution in [0.1, 0.15) is 12.8 Å². The highest BCUT2D eigenvalue weighted by molar-refractivity contribution is 7.08. The summed E-state index contributed by atoms with van der Waals surface area (Å²) in [6, 6.07) is 9.64. The molecule has 3 heterocycles. The topological polar surface area (TPSA) is 70.2 Å². The van der Waals surface area contributed by atoms with Gasteiger partial charge in [-0.3, -0.25) is 9.69 Å². The number of hydrogen-bond donors (Lipinski definition) is 2. The van der Waals surface area contributed by atoms with E-state index in [2.05, 4.69) is 30.9 Å². The normalized spacial score (nSPS) is 14.2. The first-order valence-corrected chi connectivity index (χ1v) is 9.94. The van der Waals surface area contributed by atoms with Gasteiger partial charge in [0, 0.05) is 29.3 Å². The zero-order valence-electron chi connectivity index (χ0n) is 14.9. The molecule has 2 aromatic heterocycles. The number of thiophene rings is 1. The molecule has 7 heteroatoms. The van der Waals surface area contributed by atoms with Crippen LogP contribution in [-0.2, 0) is 4.79 Å². The zero-order valence-corrected chi connectivity index (χ0v) is 15.7. The van der Waals surface area contributed by atoms with Crippen LogP contribution in [0.25, 0.3) is 11.1 Å². The summed E-state index contributed by atoms with van der Waals surface area (Å²) in [4.78, 5) is 23.1. The fourth-order valence-corrected chi connectivity index (χ4v) is 3.78. The van der Waals surface area contributed by atoms with Crippen LogP contribution in [0.2, 0.25) is 0 Å². The van der Waals surface area contributed by atoms with Crippen molar-refractivity contribution in [3.8, 4) is 11.1 Å². The van der Waals surface area contributed by atoms with Gasteiger partial charge < -0.3 is 10.6 Å². The number of anilines is 3.